The number of nitrogen functional groups attached to an aromatic ring is 1. The average molecular weight is 324 g/mol. The van der Waals surface area contributed by atoms with Crippen LogP contribution in [0.3, 0.4) is 0 Å². The maximum atomic E-state index is 11.9. The lowest BCUT2D eigenvalue weighted by Crippen LogP contribution is -2.41. The molecule has 0 radical (unpaired) electrons. The van der Waals surface area contributed by atoms with Gasteiger partial charge in [0.2, 0.25) is 5.91 Å². The van der Waals surface area contributed by atoms with Crippen LogP contribution < -0.4 is 11.1 Å². The molecule has 21 heavy (non-hydrogen) atoms. The minimum atomic E-state index is -0.236. The molecule has 112 valence electrons. The molecule has 0 unspecified atom stereocenters. The molecular weight excluding hydrogens is 306 g/mol. The highest BCUT2D eigenvalue weighted by Crippen LogP contribution is 2.29. The van der Waals surface area contributed by atoms with Crippen LogP contribution >= 0.6 is 22.9 Å². The summed E-state index contributed by atoms with van der Waals surface area (Å²) in [4.78, 5) is 16.4. The van der Waals surface area contributed by atoms with Gasteiger partial charge < -0.3 is 11.1 Å². The second kappa shape index (κ2) is 6.03. The van der Waals surface area contributed by atoms with Gasteiger partial charge in [0.1, 0.15) is 5.01 Å². The molecule has 0 bridgehead atoms. The topological polar surface area (TPSA) is 68.0 Å². The van der Waals surface area contributed by atoms with Crippen LogP contribution in [0.2, 0.25) is 5.02 Å². The van der Waals surface area contributed by atoms with Crippen LogP contribution in [0.5, 0.6) is 0 Å². The Morgan fingerprint density at radius 3 is 2.76 bits per heavy atom. The Morgan fingerprint density at radius 1 is 1.43 bits per heavy atom. The third-order valence-electron chi connectivity index (χ3n) is 2.65. The molecule has 3 N–H and O–H groups in total. The van der Waals surface area contributed by atoms with Gasteiger partial charge in [-0.25, -0.2) is 4.98 Å². The van der Waals surface area contributed by atoms with Crippen LogP contribution in [0.4, 0.5) is 5.69 Å². The van der Waals surface area contributed by atoms with Crippen molar-refractivity contribution in [3.05, 3.63) is 34.3 Å². The van der Waals surface area contributed by atoms with E-state index in [1.54, 1.807) is 12.1 Å². The van der Waals surface area contributed by atoms with E-state index in [9.17, 15) is 4.79 Å². The Labute approximate surface area is 133 Å². The zero-order chi connectivity index (χ0) is 15.6. The van der Waals surface area contributed by atoms with E-state index >= 15 is 0 Å². The van der Waals surface area contributed by atoms with Gasteiger partial charge in [0.25, 0.3) is 0 Å². The summed E-state index contributed by atoms with van der Waals surface area (Å²) in [5, 5.41) is 6.17. The van der Waals surface area contributed by atoms with E-state index in [-0.39, 0.29) is 17.9 Å². The van der Waals surface area contributed by atoms with Gasteiger partial charge in [0.05, 0.1) is 22.8 Å². The van der Waals surface area contributed by atoms with Crippen LogP contribution in [-0.2, 0) is 11.2 Å². The molecule has 0 fully saturated rings. The Morgan fingerprint density at radius 2 is 2.14 bits per heavy atom. The van der Waals surface area contributed by atoms with E-state index in [1.807, 2.05) is 32.2 Å². The molecule has 2 aromatic rings. The lowest BCUT2D eigenvalue weighted by molar-refractivity contribution is -0.121. The molecule has 4 nitrogen and oxygen atoms in total. The number of hydrogen-bond donors (Lipinski definition) is 2. The summed E-state index contributed by atoms with van der Waals surface area (Å²) in [7, 11) is 0. The molecule has 0 aliphatic rings. The molecule has 0 aliphatic heterocycles. The summed E-state index contributed by atoms with van der Waals surface area (Å²) >= 11 is 7.40. The highest BCUT2D eigenvalue weighted by Gasteiger charge is 2.15. The summed E-state index contributed by atoms with van der Waals surface area (Å²) < 4.78 is 0. The van der Waals surface area contributed by atoms with Crippen LogP contribution in [0, 0.1) is 0 Å². The van der Waals surface area contributed by atoms with Gasteiger partial charge in [-0.3, -0.25) is 4.79 Å². The van der Waals surface area contributed by atoms with Crippen molar-refractivity contribution in [3.8, 4) is 10.6 Å². The Bertz CT molecular complexity index is 661. The third-order valence-corrected chi connectivity index (χ3v) is 3.94. The average Bonchev–Trinajstić information content (AvgIpc) is 2.78. The number of nitrogens with zero attached hydrogens (tertiary/aromatic N) is 1. The van der Waals surface area contributed by atoms with E-state index in [0.717, 1.165) is 16.3 Å². The van der Waals surface area contributed by atoms with E-state index in [4.69, 9.17) is 17.3 Å². The SMILES string of the molecule is CC(C)(C)NC(=O)Cc1csc(-c2ccc(Cl)c(N)c2)n1. The number of nitrogens with two attached hydrogens (primary N) is 1. The van der Waals surface area contributed by atoms with Crippen LogP contribution in [0.25, 0.3) is 10.6 Å². The summed E-state index contributed by atoms with van der Waals surface area (Å²) in [5.41, 5.74) is 7.75. The monoisotopic (exact) mass is 323 g/mol. The van der Waals surface area contributed by atoms with Gasteiger partial charge in [-0.05, 0) is 32.9 Å². The van der Waals surface area contributed by atoms with Crippen molar-refractivity contribution in [3.63, 3.8) is 0 Å². The maximum Gasteiger partial charge on any atom is 0.226 e. The minimum absolute atomic E-state index is 0.0324. The fourth-order valence-corrected chi connectivity index (χ4v) is 2.76. The summed E-state index contributed by atoms with van der Waals surface area (Å²) in [6.45, 7) is 5.86. The van der Waals surface area contributed by atoms with E-state index < -0.39 is 0 Å². The Balaban J connectivity index is 2.11. The molecule has 1 amide bonds. The predicted octanol–water partition coefficient (Wildman–Crippen LogP) is 3.50. The Hall–Kier alpha value is -1.59. The summed E-state index contributed by atoms with van der Waals surface area (Å²) in [6, 6.07) is 5.41. The second-order valence-corrected chi connectivity index (χ2v) is 7.12. The number of halogens is 1. The van der Waals surface area contributed by atoms with Gasteiger partial charge in [0, 0.05) is 16.5 Å². The largest absolute Gasteiger partial charge is 0.398 e. The van der Waals surface area contributed by atoms with Crippen LogP contribution in [0.1, 0.15) is 26.5 Å². The lowest BCUT2D eigenvalue weighted by atomic mass is 10.1. The zero-order valence-corrected chi connectivity index (χ0v) is 13.8. The molecule has 2 rings (SSSR count). The number of benzene rings is 1. The molecule has 0 spiro atoms. The first-order valence-electron chi connectivity index (χ1n) is 6.55. The number of aromatic nitrogens is 1. The number of carbonyl (C=O) groups is 1. The van der Waals surface area contributed by atoms with Crippen molar-refractivity contribution in [2.24, 2.45) is 0 Å². The second-order valence-electron chi connectivity index (χ2n) is 5.86. The maximum absolute atomic E-state index is 11.9. The number of thiazole rings is 1. The number of hydrogen-bond acceptors (Lipinski definition) is 4. The van der Waals surface area contributed by atoms with Crippen molar-refractivity contribution in [2.75, 3.05) is 5.73 Å². The number of carbonyl (C=O) groups excluding carboxylic acids is 1. The predicted molar refractivity (Wildman–Crippen MR) is 88.6 cm³/mol. The first kappa shape index (κ1) is 15.8. The van der Waals surface area contributed by atoms with Gasteiger partial charge in [0.15, 0.2) is 0 Å². The first-order valence-corrected chi connectivity index (χ1v) is 7.81. The lowest BCUT2D eigenvalue weighted by Gasteiger charge is -2.20. The van der Waals surface area contributed by atoms with Crippen molar-refractivity contribution in [1.82, 2.24) is 10.3 Å². The van der Waals surface area contributed by atoms with E-state index in [2.05, 4.69) is 10.3 Å². The van der Waals surface area contributed by atoms with Crippen molar-refractivity contribution >= 4 is 34.5 Å². The van der Waals surface area contributed by atoms with Crippen LogP contribution in [-0.4, -0.2) is 16.4 Å². The number of anilines is 1. The minimum Gasteiger partial charge on any atom is -0.398 e. The molecule has 1 aromatic carbocycles. The highest BCUT2D eigenvalue weighted by molar-refractivity contribution is 7.13. The summed E-state index contributed by atoms with van der Waals surface area (Å²) in [6.07, 6.45) is 0.275. The molecule has 0 saturated carbocycles. The third kappa shape index (κ3) is 4.44. The van der Waals surface area contributed by atoms with E-state index in [0.29, 0.717) is 10.7 Å². The van der Waals surface area contributed by atoms with Gasteiger partial charge in [-0.1, -0.05) is 17.7 Å². The highest BCUT2D eigenvalue weighted by atomic mass is 35.5. The quantitative estimate of drug-likeness (QED) is 0.849. The summed E-state index contributed by atoms with van der Waals surface area (Å²) in [5.74, 6) is -0.0324. The molecule has 0 saturated heterocycles. The standard InChI is InChI=1S/C15H18ClN3OS/c1-15(2,3)19-13(20)7-10-8-21-14(18-10)9-4-5-11(16)12(17)6-9/h4-6,8H,7,17H2,1-3H3,(H,19,20). The molecule has 1 aromatic heterocycles. The normalized spacial score (nSPS) is 11.4. The molecular formula is C15H18ClN3OS. The van der Waals surface area contributed by atoms with E-state index in [1.165, 1.54) is 11.3 Å². The number of rotatable bonds is 3. The van der Waals surface area contributed by atoms with Crippen molar-refractivity contribution in [1.29, 1.82) is 0 Å². The van der Waals surface area contributed by atoms with Gasteiger partial charge in [-0.2, -0.15) is 0 Å². The van der Waals surface area contributed by atoms with Crippen molar-refractivity contribution < 1.29 is 4.79 Å². The van der Waals surface area contributed by atoms with Gasteiger partial charge in [-0.15, -0.1) is 11.3 Å². The molecule has 1 heterocycles. The fraction of sp³-hybridized carbons (Fsp3) is 0.333. The molecule has 0 aliphatic carbocycles. The fourth-order valence-electron chi connectivity index (χ4n) is 1.82. The zero-order valence-electron chi connectivity index (χ0n) is 12.2. The molecule has 6 heteroatoms. The van der Waals surface area contributed by atoms with Crippen molar-refractivity contribution in [2.45, 2.75) is 32.7 Å². The molecule has 0 atom stereocenters. The smallest absolute Gasteiger partial charge is 0.226 e. The number of amides is 1. The van der Waals surface area contributed by atoms with Gasteiger partial charge >= 0.3 is 0 Å². The Kier molecular flexibility index (Phi) is 4.54. The number of nitrogens with one attached hydrogen (secondary N) is 1. The van der Waals surface area contributed by atoms with Crippen LogP contribution in [0.15, 0.2) is 23.6 Å². The first-order chi connectivity index (χ1) is 9.74.